The van der Waals surface area contributed by atoms with E-state index in [9.17, 15) is 22.0 Å². The number of urea groups is 1. The zero-order valence-electron chi connectivity index (χ0n) is 16.3. The second-order valence-electron chi connectivity index (χ2n) is 7.00. The van der Waals surface area contributed by atoms with Gasteiger partial charge in [0.15, 0.2) is 0 Å². The summed E-state index contributed by atoms with van der Waals surface area (Å²) in [6.45, 7) is 1.08. The maximum absolute atomic E-state index is 13.9. The van der Waals surface area contributed by atoms with E-state index in [1.165, 1.54) is 17.0 Å². The van der Waals surface area contributed by atoms with Gasteiger partial charge in [-0.25, -0.2) is 13.6 Å². The number of carbonyl (C=O) groups is 1. The van der Waals surface area contributed by atoms with Gasteiger partial charge in [-0.1, -0.05) is 12.1 Å². The van der Waals surface area contributed by atoms with Gasteiger partial charge in [0.1, 0.15) is 17.4 Å². The molecule has 7 nitrogen and oxygen atoms in total. The molecule has 0 radical (unpaired) electrons. The maximum atomic E-state index is 13.9. The summed E-state index contributed by atoms with van der Waals surface area (Å²) >= 11 is 0. The second kappa shape index (κ2) is 9.40. The number of hydrogen-bond donors (Lipinski definition) is 1. The first-order valence-corrected chi connectivity index (χ1v) is 11.1. The number of halogens is 2. The molecular formula is C20H22F2N2O5S. The first kappa shape index (κ1) is 22.0. The molecule has 162 valence electrons. The third kappa shape index (κ3) is 6.39. The predicted octanol–water partition coefficient (Wildman–Crippen LogP) is 3.52. The summed E-state index contributed by atoms with van der Waals surface area (Å²) in [6.07, 6.45) is 2.50. The van der Waals surface area contributed by atoms with Crippen LogP contribution in [0.25, 0.3) is 0 Å². The molecular weight excluding hydrogens is 418 g/mol. The Labute approximate surface area is 173 Å². The minimum atomic E-state index is -3.64. The highest BCUT2D eigenvalue weighted by Gasteiger charge is 2.23. The van der Waals surface area contributed by atoms with E-state index in [2.05, 4.69) is 5.32 Å². The number of ether oxygens (including phenoxy) is 1. The second-order valence-corrected chi connectivity index (χ2v) is 8.58. The lowest BCUT2D eigenvalue weighted by Crippen LogP contribution is -2.39. The molecule has 2 aromatic rings. The van der Waals surface area contributed by atoms with E-state index < -0.39 is 27.8 Å². The van der Waals surface area contributed by atoms with Crippen molar-refractivity contribution in [2.45, 2.75) is 25.5 Å². The molecule has 0 aromatic heterocycles. The van der Waals surface area contributed by atoms with Gasteiger partial charge in [0.05, 0.1) is 18.0 Å². The number of nitrogens with zero attached hydrogens (tertiary/aromatic N) is 1. The normalized spacial score (nSPS) is 16.3. The van der Waals surface area contributed by atoms with Gasteiger partial charge in [-0.3, -0.25) is 0 Å². The van der Waals surface area contributed by atoms with Gasteiger partial charge in [0.25, 0.3) is 0 Å². The summed E-state index contributed by atoms with van der Waals surface area (Å²) in [7, 11) is -3.64. The first-order chi connectivity index (χ1) is 14.2. The van der Waals surface area contributed by atoms with Crippen LogP contribution in [0.1, 0.15) is 18.4 Å². The van der Waals surface area contributed by atoms with E-state index in [1.54, 1.807) is 12.1 Å². The standard InChI is InChI=1S/C20H22F2N2O5S/c1-30(26,27)29-16-7-4-14(5-8-16)12-24(13-17-3-2-10-28-17)20(25)23-19-9-6-15(21)11-18(19)22/h4-9,11,17H,2-3,10,12-13H2,1H3,(H,23,25). The maximum Gasteiger partial charge on any atom is 0.322 e. The Bertz CT molecular complexity index is 993. The highest BCUT2D eigenvalue weighted by atomic mass is 32.2. The van der Waals surface area contributed by atoms with Crippen LogP contribution in [0, 0.1) is 11.6 Å². The van der Waals surface area contributed by atoms with Crippen molar-refractivity contribution in [3.63, 3.8) is 0 Å². The summed E-state index contributed by atoms with van der Waals surface area (Å²) in [5.74, 6) is -1.45. The van der Waals surface area contributed by atoms with Crippen molar-refractivity contribution in [3.05, 3.63) is 59.7 Å². The van der Waals surface area contributed by atoms with Crippen LogP contribution in [-0.4, -0.2) is 44.9 Å². The Morgan fingerprint density at radius 3 is 2.57 bits per heavy atom. The van der Waals surface area contributed by atoms with Crippen LogP contribution in [0.15, 0.2) is 42.5 Å². The number of amides is 2. The Kier molecular flexibility index (Phi) is 6.88. The quantitative estimate of drug-likeness (QED) is 0.666. The van der Waals surface area contributed by atoms with Crippen LogP contribution in [0.3, 0.4) is 0 Å². The van der Waals surface area contributed by atoms with Crippen LogP contribution in [0.5, 0.6) is 5.75 Å². The highest BCUT2D eigenvalue weighted by molar-refractivity contribution is 7.86. The van der Waals surface area contributed by atoms with Crippen LogP contribution in [0.4, 0.5) is 19.3 Å². The first-order valence-electron chi connectivity index (χ1n) is 9.30. The van der Waals surface area contributed by atoms with E-state index in [4.69, 9.17) is 8.92 Å². The number of nitrogens with one attached hydrogen (secondary N) is 1. The van der Waals surface area contributed by atoms with Crippen molar-refractivity contribution in [1.82, 2.24) is 4.90 Å². The van der Waals surface area contributed by atoms with E-state index >= 15 is 0 Å². The Balaban J connectivity index is 1.73. The fourth-order valence-corrected chi connectivity index (χ4v) is 3.54. The Morgan fingerprint density at radius 2 is 1.97 bits per heavy atom. The van der Waals surface area contributed by atoms with Crippen molar-refractivity contribution in [2.75, 3.05) is 24.7 Å². The number of rotatable bonds is 7. The molecule has 0 bridgehead atoms. The summed E-state index contributed by atoms with van der Waals surface area (Å²) in [4.78, 5) is 14.3. The molecule has 10 heteroatoms. The van der Waals surface area contributed by atoms with Crippen LogP contribution in [0.2, 0.25) is 0 Å². The van der Waals surface area contributed by atoms with Gasteiger partial charge in [-0.15, -0.1) is 0 Å². The third-order valence-electron chi connectivity index (χ3n) is 4.45. The lowest BCUT2D eigenvalue weighted by Gasteiger charge is -2.26. The summed E-state index contributed by atoms with van der Waals surface area (Å²) in [5.41, 5.74) is 0.583. The van der Waals surface area contributed by atoms with Crippen molar-refractivity contribution < 1.29 is 30.9 Å². The smallest absolute Gasteiger partial charge is 0.322 e. The van der Waals surface area contributed by atoms with E-state index in [-0.39, 0.29) is 30.6 Å². The molecule has 1 atom stereocenters. The third-order valence-corrected chi connectivity index (χ3v) is 4.95. The zero-order chi connectivity index (χ0) is 21.7. The molecule has 1 heterocycles. The largest absolute Gasteiger partial charge is 0.383 e. The van der Waals surface area contributed by atoms with E-state index in [1.807, 2.05) is 0 Å². The molecule has 3 rings (SSSR count). The number of carbonyl (C=O) groups excluding carboxylic acids is 1. The summed E-state index contributed by atoms with van der Waals surface area (Å²) in [6, 6.07) is 8.58. The summed E-state index contributed by atoms with van der Waals surface area (Å²) < 4.78 is 59.9. The number of benzene rings is 2. The van der Waals surface area contributed by atoms with Gasteiger partial charge < -0.3 is 19.1 Å². The zero-order valence-corrected chi connectivity index (χ0v) is 17.1. The topological polar surface area (TPSA) is 84.9 Å². The number of anilines is 1. The van der Waals surface area contributed by atoms with Crippen molar-refractivity contribution >= 4 is 21.8 Å². The number of hydrogen-bond acceptors (Lipinski definition) is 5. The molecule has 1 N–H and O–H groups in total. The SMILES string of the molecule is CS(=O)(=O)Oc1ccc(CN(CC2CCCO2)C(=O)Nc2ccc(F)cc2F)cc1. The van der Waals surface area contributed by atoms with Crippen LogP contribution >= 0.6 is 0 Å². The monoisotopic (exact) mass is 440 g/mol. The molecule has 1 saturated heterocycles. The van der Waals surface area contributed by atoms with Gasteiger partial charge in [0, 0.05) is 25.8 Å². The molecule has 2 aromatic carbocycles. The van der Waals surface area contributed by atoms with E-state index in [0.717, 1.165) is 31.2 Å². The Morgan fingerprint density at radius 1 is 1.23 bits per heavy atom. The predicted molar refractivity (Wildman–Crippen MR) is 107 cm³/mol. The lowest BCUT2D eigenvalue weighted by molar-refractivity contribution is 0.0819. The molecule has 1 aliphatic rings. The molecule has 1 fully saturated rings. The molecule has 0 saturated carbocycles. The van der Waals surface area contributed by atoms with Crippen LogP contribution < -0.4 is 9.50 Å². The molecule has 30 heavy (non-hydrogen) atoms. The van der Waals surface area contributed by atoms with Gasteiger partial charge in [-0.05, 0) is 42.7 Å². The molecule has 0 spiro atoms. The van der Waals surface area contributed by atoms with Gasteiger partial charge >= 0.3 is 16.1 Å². The Hall–Kier alpha value is -2.72. The fraction of sp³-hybridized carbons (Fsp3) is 0.350. The van der Waals surface area contributed by atoms with Crippen molar-refractivity contribution in [3.8, 4) is 5.75 Å². The lowest BCUT2D eigenvalue weighted by atomic mass is 10.2. The van der Waals surface area contributed by atoms with E-state index in [0.29, 0.717) is 18.2 Å². The molecule has 1 aliphatic heterocycles. The molecule has 0 aliphatic carbocycles. The minimum absolute atomic E-state index is 0.129. The van der Waals surface area contributed by atoms with Crippen molar-refractivity contribution in [1.29, 1.82) is 0 Å². The van der Waals surface area contributed by atoms with Crippen LogP contribution in [-0.2, 0) is 21.4 Å². The van der Waals surface area contributed by atoms with Gasteiger partial charge in [0.2, 0.25) is 0 Å². The molecule has 1 unspecified atom stereocenters. The summed E-state index contributed by atoms with van der Waals surface area (Å²) in [5, 5.41) is 2.46. The molecule has 2 amide bonds. The van der Waals surface area contributed by atoms with Gasteiger partial charge in [-0.2, -0.15) is 8.42 Å². The average molecular weight is 440 g/mol. The highest BCUT2D eigenvalue weighted by Crippen LogP contribution is 2.20. The fourth-order valence-electron chi connectivity index (χ4n) is 3.08. The minimum Gasteiger partial charge on any atom is -0.383 e. The average Bonchev–Trinajstić information content (AvgIpc) is 3.17. The van der Waals surface area contributed by atoms with Crippen molar-refractivity contribution in [2.24, 2.45) is 0 Å².